The molecule has 2 aromatic heterocycles. The zero-order valence-corrected chi connectivity index (χ0v) is 19.5. The van der Waals surface area contributed by atoms with E-state index in [1.165, 1.54) is 21.3 Å². The summed E-state index contributed by atoms with van der Waals surface area (Å²) in [6, 6.07) is 14.7. The number of benzene rings is 2. The molecule has 0 saturated carbocycles. The van der Waals surface area contributed by atoms with E-state index in [-0.39, 0.29) is 19.1 Å². The van der Waals surface area contributed by atoms with Gasteiger partial charge in [0.25, 0.3) is 5.91 Å². The zero-order chi connectivity index (χ0) is 24.6. The minimum absolute atomic E-state index is 0.161. The molecule has 9 heteroatoms. The second kappa shape index (κ2) is 10.9. The van der Waals surface area contributed by atoms with Gasteiger partial charge in [0.1, 0.15) is 23.6 Å². The Labute approximate surface area is 202 Å². The van der Waals surface area contributed by atoms with Crippen LogP contribution in [0.2, 0.25) is 0 Å². The number of aromatic amines is 1. The molecule has 0 saturated heterocycles. The molecular weight excluding hydrogens is 448 g/mol. The molecular formula is C26H24N4O5. The number of carbonyl (C=O) groups is 1. The van der Waals surface area contributed by atoms with Crippen LogP contribution in [-0.4, -0.2) is 55.6 Å². The number of aromatic nitrogens is 3. The van der Waals surface area contributed by atoms with Crippen molar-refractivity contribution in [2.75, 3.05) is 34.5 Å². The Bertz CT molecular complexity index is 1370. The molecule has 0 aliphatic rings. The van der Waals surface area contributed by atoms with Crippen molar-refractivity contribution < 1.29 is 23.7 Å². The Kier molecular flexibility index (Phi) is 7.33. The van der Waals surface area contributed by atoms with Crippen molar-refractivity contribution in [1.29, 1.82) is 0 Å². The lowest BCUT2D eigenvalue weighted by molar-refractivity contribution is 0.0953. The second-order valence-corrected chi connectivity index (χ2v) is 7.24. The van der Waals surface area contributed by atoms with Gasteiger partial charge in [-0.2, -0.15) is 5.10 Å². The predicted octanol–water partition coefficient (Wildman–Crippen LogP) is 3.46. The lowest BCUT2D eigenvalue weighted by atomic mass is 10.1. The fraction of sp³-hybridized carbons (Fsp3) is 0.192. The molecule has 0 aliphatic carbocycles. The van der Waals surface area contributed by atoms with Crippen LogP contribution in [0.5, 0.6) is 23.0 Å². The molecule has 0 spiro atoms. The first kappa shape index (κ1) is 23.4. The molecule has 2 N–H and O–H groups in total. The zero-order valence-electron chi connectivity index (χ0n) is 19.5. The lowest BCUT2D eigenvalue weighted by Crippen LogP contribution is -2.24. The quantitative estimate of drug-likeness (QED) is 0.378. The maximum Gasteiger partial charge on any atom is 0.270 e. The van der Waals surface area contributed by atoms with Crippen LogP contribution in [0.4, 0.5) is 0 Å². The highest BCUT2D eigenvalue weighted by molar-refractivity contribution is 5.93. The number of carbonyl (C=O) groups excluding carboxylic acids is 1. The van der Waals surface area contributed by atoms with Crippen LogP contribution in [0.1, 0.15) is 10.5 Å². The maximum atomic E-state index is 12.5. The van der Waals surface area contributed by atoms with E-state index in [4.69, 9.17) is 18.9 Å². The molecule has 0 unspecified atom stereocenters. The summed E-state index contributed by atoms with van der Waals surface area (Å²) >= 11 is 0. The minimum Gasteiger partial charge on any atom is -0.493 e. The minimum atomic E-state index is -0.329. The third-order valence-corrected chi connectivity index (χ3v) is 5.14. The Morgan fingerprint density at radius 1 is 0.971 bits per heavy atom. The number of para-hydroxylation sites is 1. The Hall–Kier alpha value is -4.71. The molecule has 0 aliphatic heterocycles. The molecule has 35 heavy (non-hydrogen) atoms. The van der Waals surface area contributed by atoms with Crippen molar-refractivity contribution in [1.82, 2.24) is 20.5 Å². The molecule has 2 heterocycles. The number of pyridine rings is 1. The topological polar surface area (TPSA) is 108 Å². The van der Waals surface area contributed by atoms with E-state index in [1.807, 2.05) is 30.3 Å². The van der Waals surface area contributed by atoms with Crippen molar-refractivity contribution in [3.63, 3.8) is 0 Å². The molecule has 2 aromatic carbocycles. The lowest BCUT2D eigenvalue weighted by Gasteiger charge is -2.13. The monoisotopic (exact) mass is 472 g/mol. The van der Waals surface area contributed by atoms with Crippen LogP contribution in [0.3, 0.4) is 0 Å². The van der Waals surface area contributed by atoms with Gasteiger partial charge in [-0.05, 0) is 30.3 Å². The Balaban J connectivity index is 1.34. The number of methoxy groups -OCH3 is 3. The van der Waals surface area contributed by atoms with Gasteiger partial charge in [0.05, 0.1) is 33.6 Å². The molecule has 0 atom stereocenters. The smallest absolute Gasteiger partial charge is 0.270 e. The van der Waals surface area contributed by atoms with E-state index in [0.29, 0.717) is 39.9 Å². The summed E-state index contributed by atoms with van der Waals surface area (Å²) < 4.78 is 21.8. The second-order valence-electron chi connectivity index (χ2n) is 7.24. The van der Waals surface area contributed by atoms with Crippen LogP contribution in [0.25, 0.3) is 22.2 Å². The van der Waals surface area contributed by atoms with Gasteiger partial charge >= 0.3 is 0 Å². The number of nitrogens with one attached hydrogen (secondary N) is 2. The van der Waals surface area contributed by atoms with Crippen LogP contribution in [-0.2, 0) is 0 Å². The summed E-state index contributed by atoms with van der Waals surface area (Å²) in [5.41, 5.74) is 2.34. The highest BCUT2D eigenvalue weighted by Gasteiger charge is 2.17. The van der Waals surface area contributed by atoms with Gasteiger partial charge in [-0.1, -0.05) is 30.0 Å². The van der Waals surface area contributed by atoms with Gasteiger partial charge in [0.15, 0.2) is 11.5 Å². The fourth-order valence-electron chi connectivity index (χ4n) is 3.45. The first-order valence-electron chi connectivity index (χ1n) is 10.7. The highest BCUT2D eigenvalue weighted by Crippen LogP contribution is 2.40. The summed E-state index contributed by atoms with van der Waals surface area (Å²) in [5, 5.41) is 10.7. The van der Waals surface area contributed by atoms with E-state index >= 15 is 0 Å². The first-order valence-corrected chi connectivity index (χ1v) is 10.7. The molecule has 4 aromatic rings. The molecule has 178 valence electrons. The van der Waals surface area contributed by atoms with Gasteiger partial charge in [0.2, 0.25) is 5.75 Å². The maximum absolute atomic E-state index is 12.5. The molecule has 4 rings (SSSR count). The number of hydrogen-bond donors (Lipinski definition) is 2. The number of H-pyrrole nitrogens is 1. The van der Waals surface area contributed by atoms with Gasteiger partial charge in [-0.25, -0.2) is 0 Å². The van der Waals surface area contributed by atoms with Crippen molar-refractivity contribution in [2.24, 2.45) is 0 Å². The molecule has 1 amide bonds. The van der Waals surface area contributed by atoms with Crippen molar-refractivity contribution >= 4 is 16.8 Å². The van der Waals surface area contributed by atoms with Gasteiger partial charge in [-0.15, -0.1) is 0 Å². The van der Waals surface area contributed by atoms with Crippen molar-refractivity contribution in [3.8, 4) is 46.1 Å². The van der Waals surface area contributed by atoms with Crippen molar-refractivity contribution in [3.05, 3.63) is 60.4 Å². The van der Waals surface area contributed by atoms with Gasteiger partial charge in [0, 0.05) is 17.1 Å². The van der Waals surface area contributed by atoms with Crippen molar-refractivity contribution in [2.45, 2.75) is 0 Å². The number of nitrogens with zero attached hydrogens (tertiary/aromatic N) is 2. The predicted molar refractivity (Wildman–Crippen MR) is 131 cm³/mol. The van der Waals surface area contributed by atoms with E-state index in [0.717, 1.165) is 10.9 Å². The standard InChI is InChI=1S/C26H24N4O5/c1-32-22-14-18(15-23(33-2)25(22)34-3)19-16-20(30-29-19)26(31)28-11-4-5-13-35-21-10-6-8-17-9-7-12-27-24(17)21/h6-10,12,14-16H,11,13H2,1-3H3,(H,28,31)(H,29,30). The van der Waals surface area contributed by atoms with Crippen LogP contribution in [0, 0.1) is 11.8 Å². The van der Waals surface area contributed by atoms with E-state index in [1.54, 1.807) is 24.4 Å². The average molecular weight is 473 g/mol. The fourth-order valence-corrected chi connectivity index (χ4v) is 3.45. The van der Waals surface area contributed by atoms with E-state index in [2.05, 4.69) is 32.3 Å². The van der Waals surface area contributed by atoms with Gasteiger partial charge < -0.3 is 24.3 Å². The summed E-state index contributed by atoms with van der Waals surface area (Å²) in [4.78, 5) is 16.8. The average Bonchev–Trinajstić information content (AvgIpc) is 3.40. The Morgan fingerprint density at radius 3 is 2.49 bits per heavy atom. The molecule has 0 fully saturated rings. The normalized spacial score (nSPS) is 10.3. The third kappa shape index (κ3) is 5.28. The van der Waals surface area contributed by atoms with E-state index in [9.17, 15) is 4.79 Å². The first-order chi connectivity index (χ1) is 17.1. The SMILES string of the molecule is COc1cc(-c2cc(C(=O)NCC#CCOc3cccc4cccnc34)[nH]n2)cc(OC)c1OC. The Morgan fingerprint density at radius 2 is 1.74 bits per heavy atom. The molecule has 9 nitrogen and oxygen atoms in total. The summed E-state index contributed by atoms with van der Waals surface area (Å²) in [6.07, 6.45) is 1.72. The number of rotatable bonds is 8. The van der Waals surface area contributed by atoms with Crippen LogP contribution < -0.4 is 24.3 Å². The number of fused-ring (bicyclic) bond motifs is 1. The number of hydrogen-bond acceptors (Lipinski definition) is 7. The summed E-state index contributed by atoms with van der Waals surface area (Å²) in [6.45, 7) is 0.343. The molecule has 0 radical (unpaired) electrons. The van der Waals surface area contributed by atoms with Crippen LogP contribution >= 0.6 is 0 Å². The number of ether oxygens (including phenoxy) is 4. The summed E-state index contributed by atoms with van der Waals surface area (Å²) in [7, 11) is 4.61. The number of amides is 1. The van der Waals surface area contributed by atoms with Crippen LogP contribution in [0.15, 0.2) is 54.7 Å². The summed E-state index contributed by atoms with van der Waals surface area (Å²) in [5.74, 6) is 7.57. The highest BCUT2D eigenvalue weighted by atomic mass is 16.5. The molecule has 0 bridgehead atoms. The van der Waals surface area contributed by atoms with Gasteiger partial charge in [-0.3, -0.25) is 14.9 Å². The van der Waals surface area contributed by atoms with E-state index < -0.39 is 0 Å². The largest absolute Gasteiger partial charge is 0.493 e. The third-order valence-electron chi connectivity index (χ3n) is 5.14.